The Bertz CT molecular complexity index is 663. The predicted molar refractivity (Wildman–Crippen MR) is 83.6 cm³/mol. The van der Waals surface area contributed by atoms with Gasteiger partial charge in [-0.15, -0.1) is 0 Å². The first-order valence-electron chi connectivity index (χ1n) is 5.93. The monoisotopic (exact) mass is 302 g/mol. The van der Waals surface area contributed by atoms with E-state index in [0.717, 1.165) is 11.3 Å². The Morgan fingerprint density at radius 1 is 1.25 bits per heavy atom. The Balaban J connectivity index is 1.78. The zero-order valence-corrected chi connectivity index (χ0v) is 12.0. The van der Waals surface area contributed by atoms with Crippen molar-refractivity contribution < 1.29 is 9.21 Å². The molecule has 4 nitrogen and oxygen atoms in total. The molecule has 1 fully saturated rings. The van der Waals surface area contributed by atoms with Crippen LogP contribution in [-0.2, 0) is 4.79 Å². The van der Waals surface area contributed by atoms with E-state index >= 15 is 0 Å². The Morgan fingerprint density at radius 2 is 2.05 bits per heavy atom. The molecule has 2 aromatic rings. The van der Waals surface area contributed by atoms with E-state index in [1.165, 1.54) is 23.0 Å². The molecule has 0 unspecified atom stereocenters. The van der Waals surface area contributed by atoms with Crippen LogP contribution in [0.2, 0.25) is 0 Å². The van der Waals surface area contributed by atoms with Crippen molar-refractivity contribution in [1.29, 1.82) is 0 Å². The number of nitrogens with zero attached hydrogens (tertiary/aromatic N) is 2. The molecule has 0 N–H and O–H groups in total. The van der Waals surface area contributed by atoms with E-state index in [1.54, 1.807) is 0 Å². The highest BCUT2D eigenvalue weighted by Gasteiger charge is 2.26. The van der Waals surface area contributed by atoms with Gasteiger partial charge in [0, 0.05) is 5.56 Å². The van der Waals surface area contributed by atoms with Crippen LogP contribution in [0.5, 0.6) is 0 Å². The van der Waals surface area contributed by atoms with Crippen molar-refractivity contribution in [1.82, 2.24) is 5.01 Å². The molecular formula is C14H10N2O2S2. The number of thioether (sulfide) groups is 1. The van der Waals surface area contributed by atoms with Gasteiger partial charge in [0.25, 0.3) is 5.91 Å². The summed E-state index contributed by atoms with van der Waals surface area (Å²) in [5, 5.41) is 5.29. The highest BCUT2D eigenvalue weighted by atomic mass is 32.2. The normalized spacial score (nSPS) is 15.5. The van der Waals surface area contributed by atoms with Crippen LogP contribution in [0.15, 0.2) is 52.0 Å². The van der Waals surface area contributed by atoms with Crippen LogP contribution in [-0.4, -0.2) is 27.2 Å². The first-order valence-corrected chi connectivity index (χ1v) is 7.32. The maximum absolute atomic E-state index is 11.5. The van der Waals surface area contributed by atoms with E-state index in [2.05, 4.69) is 5.10 Å². The van der Waals surface area contributed by atoms with Crippen molar-refractivity contribution in [2.24, 2.45) is 5.10 Å². The van der Waals surface area contributed by atoms with E-state index in [-0.39, 0.29) is 5.91 Å². The number of carbonyl (C=O) groups is 1. The Kier molecular flexibility index (Phi) is 3.66. The number of carbonyl (C=O) groups excluding carboxylic acids is 1. The largest absolute Gasteiger partial charge is 0.455 e. The Labute approximate surface area is 125 Å². The summed E-state index contributed by atoms with van der Waals surface area (Å²) in [7, 11) is 0. The lowest BCUT2D eigenvalue weighted by Gasteiger charge is -2.05. The summed E-state index contributed by atoms with van der Waals surface area (Å²) in [6.07, 6.45) is 1.50. The van der Waals surface area contributed by atoms with E-state index in [0.29, 0.717) is 15.8 Å². The summed E-state index contributed by atoms with van der Waals surface area (Å²) < 4.78 is 6.14. The smallest absolute Gasteiger partial charge is 0.259 e. The van der Waals surface area contributed by atoms with E-state index in [4.69, 9.17) is 16.6 Å². The molecule has 1 aliphatic heterocycles. The summed E-state index contributed by atoms with van der Waals surface area (Å²) in [5.74, 6) is 1.59. The number of thiocarbonyl (C=S) groups is 1. The van der Waals surface area contributed by atoms with Crippen LogP contribution in [0.3, 0.4) is 0 Å². The van der Waals surface area contributed by atoms with E-state index in [1.807, 2.05) is 42.5 Å². The standard InChI is InChI=1S/C14H10N2O2S2/c17-13-9-20-14(19)16(13)15-8-11-6-7-12(18-11)10-4-2-1-3-5-10/h1-8H,9H2/b15-8-. The molecule has 0 saturated carbocycles. The molecule has 6 heteroatoms. The first-order chi connectivity index (χ1) is 9.74. The zero-order valence-electron chi connectivity index (χ0n) is 10.4. The highest BCUT2D eigenvalue weighted by molar-refractivity contribution is 8.23. The Hall–Kier alpha value is -1.92. The lowest BCUT2D eigenvalue weighted by molar-refractivity contribution is -0.123. The van der Waals surface area contributed by atoms with Gasteiger partial charge in [0.05, 0.1) is 12.0 Å². The summed E-state index contributed by atoms with van der Waals surface area (Å²) in [6, 6.07) is 13.5. The lowest BCUT2D eigenvalue weighted by Crippen LogP contribution is -2.22. The third-order valence-corrected chi connectivity index (χ3v) is 4.05. The van der Waals surface area contributed by atoms with E-state index < -0.39 is 0 Å². The molecule has 0 bridgehead atoms. The van der Waals surface area contributed by atoms with Gasteiger partial charge in [-0.05, 0) is 12.1 Å². The molecule has 1 aliphatic rings. The van der Waals surface area contributed by atoms with Gasteiger partial charge >= 0.3 is 0 Å². The minimum Gasteiger partial charge on any atom is -0.455 e. The number of hydrogen-bond donors (Lipinski definition) is 0. The number of benzene rings is 1. The topological polar surface area (TPSA) is 45.8 Å². The molecule has 1 aromatic heterocycles. The van der Waals surface area contributed by atoms with Gasteiger partial charge in [-0.1, -0.05) is 54.3 Å². The number of amides is 1. The maximum Gasteiger partial charge on any atom is 0.259 e. The number of hydrazone groups is 1. The fourth-order valence-corrected chi connectivity index (χ4v) is 2.72. The van der Waals surface area contributed by atoms with Crippen molar-refractivity contribution in [3.05, 3.63) is 48.2 Å². The van der Waals surface area contributed by atoms with Gasteiger partial charge in [0.15, 0.2) is 4.32 Å². The molecule has 3 rings (SSSR count). The zero-order chi connectivity index (χ0) is 13.9. The van der Waals surface area contributed by atoms with Crippen molar-refractivity contribution >= 4 is 40.4 Å². The van der Waals surface area contributed by atoms with Gasteiger partial charge in [-0.25, -0.2) is 0 Å². The first kappa shape index (κ1) is 13.1. The number of hydrogen-bond acceptors (Lipinski definition) is 5. The minimum atomic E-state index is -0.105. The van der Waals surface area contributed by atoms with Gasteiger partial charge < -0.3 is 4.42 Å². The van der Waals surface area contributed by atoms with Crippen molar-refractivity contribution in [2.75, 3.05) is 5.75 Å². The van der Waals surface area contributed by atoms with Gasteiger partial charge in [0.2, 0.25) is 0 Å². The molecular weight excluding hydrogens is 292 g/mol. The summed E-state index contributed by atoms with van der Waals surface area (Å²) in [6.45, 7) is 0. The number of furan rings is 1. The minimum absolute atomic E-state index is 0.105. The number of rotatable bonds is 3. The molecule has 1 aromatic carbocycles. The van der Waals surface area contributed by atoms with Gasteiger partial charge in [-0.2, -0.15) is 10.1 Å². The predicted octanol–water partition coefficient (Wildman–Crippen LogP) is 3.14. The molecule has 0 radical (unpaired) electrons. The fourth-order valence-electron chi connectivity index (χ4n) is 1.75. The SMILES string of the molecule is O=C1CSC(=S)N1/N=C\c1ccc(-c2ccccc2)o1. The van der Waals surface area contributed by atoms with Crippen LogP contribution < -0.4 is 0 Å². The molecule has 1 amide bonds. The molecule has 0 spiro atoms. The molecule has 0 atom stereocenters. The second kappa shape index (κ2) is 5.60. The average molecular weight is 302 g/mol. The van der Waals surface area contributed by atoms with Crippen molar-refractivity contribution in [3.63, 3.8) is 0 Å². The molecule has 100 valence electrons. The lowest BCUT2D eigenvalue weighted by atomic mass is 10.2. The van der Waals surface area contributed by atoms with Crippen LogP contribution >= 0.6 is 24.0 Å². The molecule has 20 heavy (non-hydrogen) atoms. The molecule has 0 aliphatic carbocycles. The highest BCUT2D eigenvalue weighted by Crippen LogP contribution is 2.22. The maximum atomic E-state index is 11.5. The van der Waals surface area contributed by atoms with Crippen LogP contribution in [0.4, 0.5) is 0 Å². The second-order valence-electron chi connectivity index (χ2n) is 4.07. The van der Waals surface area contributed by atoms with Crippen LogP contribution in [0, 0.1) is 0 Å². The van der Waals surface area contributed by atoms with Gasteiger partial charge in [-0.3, -0.25) is 4.79 Å². The third kappa shape index (κ3) is 2.66. The third-order valence-electron chi connectivity index (χ3n) is 2.71. The van der Waals surface area contributed by atoms with Crippen molar-refractivity contribution in [2.45, 2.75) is 0 Å². The fraction of sp³-hybridized carbons (Fsp3) is 0.0714. The van der Waals surface area contributed by atoms with Crippen molar-refractivity contribution in [3.8, 4) is 11.3 Å². The van der Waals surface area contributed by atoms with E-state index in [9.17, 15) is 4.79 Å². The quantitative estimate of drug-likeness (QED) is 0.645. The van der Waals surface area contributed by atoms with Crippen LogP contribution in [0.1, 0.15) is 5.76 Å². The Morgan fingerprint density at radius 3 is 2.75 bits per heavy atom. The molecule has 1 saturated heterocycles. The van der Waals surface area contributed by atoms with Crippen LogP contribution in [0.25, 0.3) is 11.3 Å². The summed E-state index contributed by atoms with van der Waals surface area (Å²) in [5.41, 5.74) is 0.996. The second-order valence-corrected chi connectivity index (χ2v) is 5.68. The average Bonchev–Trinajstić information content (AvgIpc) is 3.06. The van der Waals surface area contributed by atoms with Gasteiger partial charge in [0.1, 0.15) is 11.5 Å². The summed E-state index contributed by atoms with van der Waals surface area (Å²) in [4.78, 5) is 11.5. The molecule has 2 heterocycles. The summed E-state index contributed by atoms with van der Waals surface area (Å²) >= 11 is 6.35.